The number of anilines is 2. The molecule has 19 heavy (non-hydrogen) atoms. The van der Waals surface area contributed by atoms with Gasteiger partial charge in [-0.3, -0.25) is 0 Å². The van der Waals surface area contributed by atoms with Gasteiger partial charge in [0.2, 0.25) is 0 Å². The largest absolute Gasteiger partial charge is 0.368 e. The maximum absolute atomic E-state index is 13.9. The minimum atomic E-state index is -0.638. The van der Waals surface area contributed by atoms with Crippen molar-refractivity contribution in [3.05, 3.63) is 17.7 Å². The first kappa shape index (κ1) is 14.0. The van der Waals surface area contributed by atoms with Crippen molar-refractivity contribution >= 4 is 11.6 Å². The summed E-state index contributed by atoms with van der Waals surface area (Å²) in [5.74, 6) is -0.837. The Labute approximate surface area is 113 Å². The first-order chi connectivity index (χ1) is 8.93. The van der Waals surface area contributed by atoms with Crippen molar-refractivity contribution in [2.45, 2.75) is 33.6 Å². The summed E-state index contributed by atoms with van der Waals surface area (Å²) in [6, 6.07) is 0.917. The molecule has 1 fully saturated rings. The second-order valence-corrected chi connectivity index (χ2v) is 5.81. The van der Waals surface area contributed by atoms with E-state index >= 15 is 0 Å². The molecule has 0 aromatic carbocycles. The van der Waals surface area contributed by atoms with Gasteiger partial charge in [-0.2, -0.15) is 0 Å². The van der Waals surface area contributed by atoms with Crippen LogP contribution >= 0.6 is 0 Å². The van der Waals surface area contributed by atoms with Gasteiger partial charge < -0.3 is 10.2 Å². The molecule has 5 heteroatoms. The molecule has 0 aliphatic carbocycles. The summed E-state index contributed by atoms with van der Waals surface area (Å²) in [4.78, 5) is 6.00. The van der Waals surface area contributed by atoms with E-state index in [9.17, 15) is 8.78 Å². The highest BCUT2D eigenvalue weighted by molar-refractivity contribution is 5.49. The summed E-state index contributed by atoms with van der Waals surface area (Å²) in [6.07, 6.45) is 1.98. The van der Waals surface area contributed by atoms with E-state index in [0.29, 0.717) is 6.54 Å². The molecule has 1 aliphatic rings. The number of piperidine rings is 1. The lowest BCUT2D eigenvalue weighted by molar-refractivity contribution is 0.278. The molecule has 3 nitrogen and oxygen atoms in total. The molecular weight excluding hydrogens is 248 g/mol. The van der Waals surface area contributed by atoms with Crippen molar-refractivity contribution in [2.24, 2.45) is 5.41 Å². The molecule has 0 spiro atoms. The van der Waals surface area contributed by atoms with Crippen molar-refractivity contribution in [3.8, 4) is 0 Å². The minimum absolute atomic E-state index is 0.128. The van der Waals surface area contributed by atoms with Gasteiger partial charge in [0.25, 0.3) is 0 Å². The van der Waals surface area contributed by atoms with E-state index in [-0.39, 0.29) is 17.1 Å². The van der Waals surface area contributed by atoms with Gasteiger partial charge >= 0.3 is 0 Å². The highest BCUT2D eigenvalue weighted by Gasteiger charge is 2.28. The van der Waals surface area contributed by atoms with Crippen molar-refractivity contribution in [2.75, 3.05) is 29.9 Å². The standard InChI is InChI=1S/C14H21F2N3/c1-4-17-12-10(15)9-11(16)13(18-12)19-7-5-14(2,3)6-8-19/h9H,4-8H2,1-3H3,(H,17,18). The summed E-state index contributed by atoms with van der Waals surface area (Å²) in [5.41, 5.74) is 0.289. The van der Waals surface area contributed by atoms with Gasteiger partial charge in [-0.1, -0.05) is 13.8 Å². The highest BCUT2D eigenvalue weighted by Crippen LogP contribution is 2.33. The Morgan fingerprint density at radius 2 is 1.89 bits per heavy atom. The van der Waals surface area contributed by atoms with Crippen LogP contribution in [0.15, 0.2) is 6.07 Å². The van der Waals surface area contributed by atoms with Gasteiger partial charge in [0.1, 0.15) is 0 Å². The predicted octanol–water partition coefficient (Wildman–Crippen LogP) is 3.42. The highest BCUT2D eigenvalue weighted by atomic mass is 19.1. The molecule has 0 saturated carbocycles. The average Bonchev–Trinajstić information content (AvgIpc) is 2.33. The van der Waals surface area contributed by atoms with Crippen LogP contribution in [0.5, 0.6) is 0 Å². The van der Waals surface area contributed by atoms with Crippen molar-refractivity contribution in [1.82, 2.24) is 4.98 Å². The topological polar surface area (TPSA) is 28.2 Å². The molecule has 0 unspecified atom stereocenters. The fraction of sp³-hybridized carbons (Fsp3) is 0.643. The van der Waals surface area contributed by atoms with E-state index in [4.69, 9.17) is 0 Å². The molecule has 1 N–H and O–H groups in total. The monoisotopic (exact) mass is 269 g/mol. The van der Waals surface area contributed by atoms with Gasteiger partial charge in [0.15, 0.2) is 23.3 Å². The van der Waals surface area contributed by atoms with Crippen molar-refractivity contribution in [1.29, 1.82) is 0 Å². The molecule has 2 rings (SSSR count). The number of rotatable bonds is 3. The lowest BCUT2D eigenvalue weighted by Gasteiger charge is -2.37. The zero-order valence-corrected chi connectivity index (χ0v) is 11.8. The Morgan fingerprint density at radius 1 is 1.26 bits per heavy atom. The van der Waals surface area contributed by atoms with Crippen LogP contribution < -0.4 is 10.2 Å². The number of nitrogens with one attached hydrogen (secondary N) is 1. The third kappa shape index (κ3) is 3.14. The Bertz CT molecular complexity index is 450. The van der Waals surface area contributed by atoms with Crippen LogP contribution in [0.2, 0.25) is 0 Å². The minimum Gasteiger partial charge on any atom is -0.368 e. The normalized spacial score (nSPS) is 18.5. The van der Waals surface area contributed by atoms with Gasteiger partial charge in [0, 0.05) is 25.7 Å². The van der Waals surface area contributed by atoms with Gasteiger partial charge in [0.05, 0.1) is 0 Å². The summed E-state index contributed by atoms with van der Waals surface area (Å²) < 4.78 is 27.4. The second kappa shape index (κ2) is 5.31. The third-order valence-corrected chi connectivity index (χ3v) is 3.67. The molecule has 1 aliphatic heterocycles. The molecule has 0 radical (unpaired) electrons. The first-order valence-corrected chi connectivity index (χ1v) is 6.78. The maximum Gasteiger partial charge on any atom is 0.168 e. The fourth-order valence-corrected chi connectivity index (χ4v) is 2.29. The Morgan fingerprint density at radius 3 is 2.47 bits per heavy atom. The average molecular weight is 269 g/mol. The SMILES string of the molecule is CCNc1nc(N2CCC(C)(C)CC2)c(F)cc1F. The van der Waals surface area contributed by atoms with Gasteiger partial charge in [-0.05, 0) is 25.2 Å². The van der Waals surface area contributed by atoms with Gasteiger partial charge in [-0.15, -0.1) is 0 Å². The summed E-state index contributed by atoms with van der Waals surface area (Å²) in [6.45, 7) is 8.35. The number of pyridine rings is 1. The Kier molecular flexibility index (Phi) is 3.92. The molecule has 1 aromatic rings. The molecular formula is C14H21F2N3. The number of nitrogens with zero attached hydrogens (tertiary/aromatic N) is 2. The van der Waals surface area contributed by atoms with Crippen LogP contribution in [0.25, 0.3) is 0 Å². The Balaban J connectivity index is 2.22. The van der Waals surface area contributed by atoms with E-state index in [1.54, 1.807) is 0 Å². The molecule has 0 amide bonds. The predicted molar refractivity (Wildman–Crippen MR) is 73.5 cm³/mol. The lowest BCUT2D eigenvalue weighted by Crippen LogP contribution is -2.38. The molecule has 2 heterocycles. The smallest absolute Gasteiger partial charge is 0.168 e. The number of halogens is 2. The molecule has 0 atom stereocenters. The van der Waals surface area contributed by atoms with E-state index in [0.717, 1.165) is 32.0 Å². The van der Waals surface area contributed by atoms with E-state index in [1.165, 1.54) is 0 Å². The third-order valence-electron chi connectivity index (χ3n) is 3.67. The molecule has 0 bridgehead atoms. The quantitative estimate of drug-likeness (QED) is 0.911. The summed E-state index contributed by atoms with van der Waals surface area (Å²) in [7, 11) is 0. The van der Waals surface area contributed by atoms with E-state index < -0.39 is 11.6 Å². The van der Waals surface area contributed by atoms with Crippen LogP contribution in [0.4, 0.5) is 20.4 Å². The van der Waals surface area contributed by atoms with Crippen LogP contribution in [-0.4, -0.2) is 24.6 Å². The number of hydrogen-bond acceptors (Lipinski definition) is 3. The van der Waals surface area contributed by atoms with Gasteiger partial charge in [-0.25, -0.2) is 13.8 Å². The van der Waals surface area contributed by atoms with E-state index in [2.05, 4.69) is 24.1 Å². The summed E-state index contributed by atoms with van der Waals surface area (Å²) >= 11 is 0. The fourth-order valence-electron chi connectivity index (χ4n) is 2.29. The van der Waals surface area contributed by atoms with Crippen LogP contribution in [0, 0.1) is 17.0 Å². The number of hydrogen-bond donors (Lipinski definition) is 1. The van der Waals surface area contributed by atoms with Crippen LogP contribution in [0.3, 0.4) is 0 Å². The van der Waals surface area contributed by atoms with Crippen molar-refractivity contribution in [3.63, 3.8) is 0 Å². The summed E-state index contributed by atoms with van der Waals surface area (Å²) in [5, 5.41) is 2.82. The lowest BCUT2D eigenvalue weighted by atomic mass is 9.83. The molecule has 1 saturated heterocycles. The first-order valence-electron chi connectivity index (χ1n) is 6.78. The zero-order chi connectivity index (χ0) is 14.0. The van der Waals surface area contributed by atoms with Crippen LogP contribution in [0.1, 0.15) is 33.6 Å². The van der Waals surface area contributed by atoms with E-state index in [1.807, 2.05) is 11.8 Å². The van der Waals surface area contributed by atoms with Crippen molar-refractivity contribution < 1.29 is 8.78 Å². The molecule has 1 aromatic heterocycles. The number of aromatic nitrogens is 1. The second-order valence-electron chi connectivity index (χ2n) is 5.81. The van der Waals surface area contributed by atoms with Crippen LogP contribution in [-0.2, 0) is 0 Å². The maximum atomic E-state index is 13.9. The zero-order valence-electron chi connectivity index (χ0n) is 11.8. The molecule has 106 valence electrons. The Hall–Kier alpha value is -1.39.